The Morgan fingerprint density at radius 2 is 2.03 bits per heavy atom. The highest BCUT2D eigenvalue weighted by atomic mass is 16.5. The molecule has 5 rings (SSSR count). The number of hydrogen-bond donors (Lipinski definition) is 2. The minimum absolute atomic E-state index is 0.163. The van der Waals surface area contributed by atoms with Gasteiger partial charge in [0, 0.05) is 5.69 Å². The zero-order valence-corrected chi connectivity index (χ0v) is 19.8. The number of fused-ring (bicyclic) bond motifs is 1. The molecule has 1 aliphatic carbocycles. The summed E-state index contributed by atoms with van der Waals surface area (Å²) in [6.07, 6.45) is 5.25. The normalized spacial score (nSPS) is 18.8. The third-order valence-corrected chi connectivity index (χ3v) is 6.59. The van der Waals surface area contributed by atoms with Gasteiger partial charge in [0.1, 0.15) is 11.8 Å². The minimum Gasteiger partial charge on any atom is -0.497 e. The molecule has 10 heteroatoms. The molecular formula is C25H29N7O3. The SMILES string of the molecule is CCOC(=O)C1CCCCC1n1nnnc1C(Nc1ccc2[nH]cnc2c1)c1ccc(OC)cc1. The summed E-state index contributed by atoms with van der Waals surface area (Å²) in [5.74, 6) is 0.942. The lowest BCUT2D eigenvalue weighted by atomic mass is 9.84. The van der Waals surface area contributed by atoms with Crippen LogP contribution in [0.4, 0.5) is 5.69 Å². The van der Waals surface area contributed by atoms with Gasteiger partial charge in [-0.05, 0) is 66.1 Å². The molecule has 2 N–H and O–H groups in total. The van der Waals surface area contributed by atoms with Crippen LogP contribution in [0.1, 0.15) is 56.1 Å². The number of tetrazole rings is 1. The van der Waals surface area contributed by atoms with Gasteiger partial charge < -0.3 is 19.8 Å². The topological polar surface area (TPSA) is 120 Å². The third kappa shape index (κ3) is 4.68. The monoisotopic (exact) mass is 475 g/mol. The molecule has 182 valence electrons. The van der Waals surface area contributed by atoms with Crippen molar-refractivity contribution in [1.29, 1.82) is 0 Å². The van der Waals surface area contributed by atoms with E-state index in [1.165, 1.54) is 0 Å². The summed E-state index contributed by atoms with van der Waals surface area (Å²) in [5.41, 5.74) is 3.66. The quantitative estimate of drug-likeness (QED) is 0.366. The van der Waals surface area contributed by atoms with E-state index in [1.54, 1.807) is 13.4 Å². The van der Waals surface area contributed by atoms with Crippen LogP contribution >= 0.6 is 0 Å². The van der Waals surface area contributed by atoms with Crippen LogP contribution in [0.3, 0.4) is 0 Å². The average molecular weight is 476 g/mol. The molecule has 2 aromatic heterocycles. The molecule has 2 aromatic carbocycles. The van der Waals surface area contributed by atoms with E-state index in [0.29, 0.717) is 12.4 Å². The number of aromatic nitrogens is 6. The predicted molar refractivity (Wildman–Crippen MR) is 130 cm³/mol. The van der Waals surface area contributed by atoms with Gasteiger partial charge in [-0.25, -0.2) is 9.67 Å². The fraction of sp³-hybridized carbons (Fsp3) is 0.400. The number of rotatable bonds is 8. The number of ether oxygens (including phenoxy) is 2. The number of anilines is 1. The van der Waals surface area contributed by atoms with Crippen molar-refractivity contribution in [2.24, 2.45) is 5.92 Å². The smallest absolute Gasteiger partial charge is 0.311 e. The van der Waals surface area contributed by atoms with E-state index < -0.39 is 0 Å². The van der Waals surface area contributed by atoms with Gasteiger partial charge in [0.05, 0.1) is 43.0 Å². The number of nitrogens with one attached hydrogen (secondary N) is 2. The number of carbonyl (C=O) groups is 1. The first kappa shape index (κ1) is 22.8. The molecule has 1 aliphatic rings. The Bertz CT molecular complexity index is 1280. The van der Waals surface area contributed by atoms with Gasteiger partial charge in [-0.1, -0.05) is 25.0 Å². The summed E-state index contributed by atoms with van der Waals surface area (Å²) in [7, 11) is 1.64. The second kappa shape index (κ2) is 10.1. The number of H-pyrrole nitrogens is 1. The first-order chi connectivity index (χ1) is 17.2. The van der Waals surface area contributed by atoms with Crippen LogP contribution in [0.25, 0.3) is 11.0 Å². The standard InChI is InChI=1S/C25H29N7O3/c1-3-35-25(33)19-6-4-5-7-22(19)32-24(29-30-31-32)23(16-8-11-18(34-2)12-9-16)28-17-10-13-20-21(14-17)27-15-26-20/h8-15,19,22-23,28H,3-7H2,1-2H3,(H,26,27). The molecule has 35 heavy (non-hydrogen) atoms. The Hall–Kier alpha value is -3.95. The van der Waals surface area contributed by atoms with E-state index in [2.05, 4.69) is 30.8 Å². The summed E-state index contributed by atoms with van der Waals surface area (Å²) < 4.78 is 12.6. The van der Waals surface area contributed by atoms with E-state index in [4.69, 9.17) is 9.47 Å². The summed E-state index contributed by atoms with van der Waals surface area (Å²) in [6, 6.07) is 13.2. The van der Waals surface area contributed by atoms with Crippen LogP contribution in [0.5, 0.6) is 5.75 Å². The summed E-state index contributed by atoms with van der Waals surface area (Å²) >= 11 is 0. The van der Waals surface area contributed by atoms with Crippen LogP contribution in [0.2, 0.25) is 0 Å². The van der Waals surface area contributed by atoms with Gasteiger partial charge in [-0.3, -0.25) is 4.79 Å². The van der Waals surface area contributed by atoms with Gasteiger partial charge in [-0.2, -0.15) is 0 Å². The van der Waals surface area contributed by atoms with E-state index >= 15 is 0 Å². The third-order valence-electron chi connectivity index (χ3n) is 6.59. The second-order valence-electron chi connectivity index (χ2n) is 8.68. The van der Waals surface area contributed by atoms with E-state index in [0.717, 1.165) is 53.7 Å². The van der Waals surface area contributed by atoms with Gasteiger partial charge in [0.2, 0.25) is 0 Å². The molecule has 2 heterocycles. The van der Waals surface area contributed by atoms with Crippen LogP contribution in [0, 0.1) is 5.92 Å². The molecule has 0 saturated heterocycles. The summed E-state index contributed by atoms with van der Waals surface area (Å²) in [6.45, 7) is 2.19. The van der Waals surface area contributed by atoms with Gasteiger partial charge in [0.15, 0.2) is 5.82 Å². The van der Waals surface area contributed by atoms with Crippen molar-refractivity contribution >= 4 is 22.7 Å². The van der Waals surface area contributed by atoms with Crippen molar-refractivity contribution in [3.63, 3.8) is 0 Å². The highest BCUT2D eigenvalue weighted by molar-refractivity contribution is 5.79. The molecule has 4 aromatic rings. The maximum absolute atomic E-state index is 12.8. The average Bonchev–Trinajstić information content (AvgIpc) is 3.57. The molecule has 0 bridgehead atoms. The molecule has 0 spiro atoms. The van der Waals surface area contributed by atoms with Crippen molar-refractivity contribution < 1.29 is 14.3 Å². The lowest BCUT2D eigenvalue weighted by Crippen LogP contribution is -2.33. The first-order valence-corrected chi connectivity index (χ1v) is 12.0. The zero-order chi connectivity index (χ0) is 24.2. The molecular weight excluding hydrogens is 446 g/mol. The first-order valence-electron chi connectivity index (χ1n) is 12.0. The fourth-order valence-corrected chi connectivity index (χ4v) is 4.84. The van der Waals surface area contributed by atoms with Gasteiger partial charge in [0.25, 0.3) is 0 Å². The van der Waals surface area contributed by atoms with Crippen molar-refractivity contribution in [3.05, 3.63) is 60.2 Å². The molecule has 0 aliphatic heterocycles. The highest BCUT2D eigenvalue weighted by Crippen LogP contribution is 2.37. The highest BCUT2D eigenvalue weighted by Gasteiger charge is 2.37. The Morgan fingerprint density at radius 3 is 2.83 bits per heavy atom. The fourth-order valence-electron chi connectivity index (χ4n) is 4.84. The second-order valence-corrected chi connectivity index (χ2v) is 8.68. The molecule has 0 radical (unpaired) electrons. The molecule has 1 saturated carbocycles. The maximum atomic E-state index is 12.8. The Morgan fingerprint density at radius 1 is 1.20 bits per heavy atom. The molecule has 3 atom stereocenters. The number of carbonyl (C=O) groups excluding carboxylic acids is 1. The van der Waals surface area contributed by atoms with Crippen molar-refractivity contribution in [1.82, 2.24) is 30.2 Å². The molecule has 0 amide bonds. The van der Waals surface area contributed by atoms with E-state index in [9.17, 15) is 4.79 Å². The van der Waals surface area contributed by atoms with Gasteiger partial charge >= 0.3 is 5.97 Å². The number of methoxy groups -OCH3 is 1. The number of imidazole rings is 1. The molecule has 3 unspecified atom stereocenters. The lowest BCUT2D eigenvalue weighted by Gasteiger charge is -2.31. The number of aromatic amines is 1. The lowest BCUT2D eigenvalue weighted by molar-refractivity contribution is -0.151. The Balaban J connectivity index is 1.53. The largest absolute Gasteiger partial charge is 0.497 e. The number of esters is 1. The minimum atomic E-state index is -0.364. The number of benzene rings is 2. The Kier molecular flexibility index (Phi) is 6.60. The van der Waals surface area contributed by atoms with Crippen LogP contribution in [-0.2, 0) is 9.53 Å². The number of nitrogens with zero attached hydrogens (tertiary/aromatic N) is 5. The molecule has 1 fully saturated rings. The van der Waals surface area contributed by atoms with Crippen molar-refractivity contribution in [2.45, 2.75) is 44.7 Å². The van der Waals surface area contributed by atoms with Gasteiger partial charge in [-0.15, -0.1) is 5.10 Å². The van der Waals surface area contributed by atoms with Crippen LogP contribution in [0.15, 0.2) is 48.8 Å². The summed E-state index contributed by atoms with van der Waals surface area (Å²) in [5, 5.41) is 16.4. The van der Waals surface area contributed by atoms with Crippen LogP contribution in [-0.4, -0.2) is 49.9 Å². The van der Waals surface area contributed by atoms with E-state index in [1.807, 2.05) is 54.1 Å². The Labute approximate surface area is 203 Å². The predicted octanol–water partition coefficient (Wildman–Crippen LogP) is 4.05. The van der Waals surface area contributed by atoms with Crippen molar-refractivity contribution in [2.75, 3.05) is 19.0 Å². The number of hydrogen-bond acceptors (Lipinski definition) is 8. The summed E-state index contributed by atoms with van der Waals surface area (Å²) in [4.78, 5) is 20.3. The van der Waals surface area contributed by atoms with E-state index in [-0.39, 0.29) is 24.0 Å². The zero-order valence-electron chi connectivity index (χ0n) is 19.8. The molecule has 10 nitrogen and oxygen atoms in total. The van der Waals surface area contributed by atoms with Crippen molar-refractivity contribution in [3.8, 4) is 5.75 Å². The van der Waals surface area contributed by atoms with Crippen LogP contribution < -0.4 is 10.1 Å². The maximum Gasteiger partial charge on any atom is 0.311 e.